The number of hydrazone groups is 1. The molecule has 0 radical (unpaired) electrons. The van der Waals surface area contributed by atoms with E-state index in [0.29, 0.717) is 16.3 Å². The number of rotatable bonds is 2. The van der Waals surface area contributed by atoms with Gasteiger partial charge in [-0.15, -0.1) is 0 Å². The highest BCUT2D eigenvalue weighted by atomic mass is 35.5. The predicted molar refractivity (Wildman–Crippen MR) is 92.1 cm³/mol. The summed E-state index contributed by atoms with van der Waals surface area (Å²) in [7, 11) is 0. The van der Waals surface area contributed by atoms with Crippen LogP contribution in [0.3, 0.4) is 0 Å². The summed E-state index contributed by atoms with van der Waals surface area (Å²) in [6.45, 7) is 0. The number of benzene rings is 2. The van der Waals surface area contributed by atoms with Crippen LogP contribution < -0.4 is 10.3 Å². The van der Waals surface area contributed by atoms with E-state index in [2.05, 4.69) is 10.5 Å². The van der Waals surface area contributed by atoms with Gasteiger partial charge in [-0.1, -0.05) is 41.9 Å². The second-order valence-electron chi connectivity index (χ2n) is 6.28. The molecule has 0 saturated carbocycles. The van der Waals surface area contributed by atoms with Crippen LogP contribution in [0, 0.1) is 0 Å². The van der Waals surface area contributed by atoms with Crippen molar-refractivity contribution in [2.24, 2.45) is 5.10 Å². The normalized spacial score (nSPS) is 25.1. The highest BCUT2D eigenvalue weighted by molar-refractivity contribution is 6.30. The van der Waals surface area contributed by atoms with Gasteiger partial charge < -0.3 is 0 Å². The first-order valence-corrected chi connectivity index (χ1v) is 8.26. The van der Waals surface area contributed by atoms with Gasteiger partial charge in [0.2, 0.25) is 0 Å². The van der Waals surface area contributed by atoms with E-state index >= 15 is 0 Å². The predicted octanol–water partition coefficient (Wildman–Crippen LogP) is 4.08. The molecule has 2 atom stereocenters. The summed E-state index contributed by atoms with van der Waals surface area (Å²) in [5, 5.41) is 3.86. The highest BCUT2D eigenvalue weighted by Crippen LogP contribution is 2.51. The van der Waals surface area contributed by atoms with Gasteiger partial charge in [0.25, 0.3) is 5.91 Å². The molecule has 2 aliphatic heterocycles. The van der Waals surface area contributed by atoms with Crippen molar-refractivity contribution in [1.29, 1.82) is 0 Å². The smallest absolute Gasteiger partial charge is 0.300 e. The monoisotopic (exact) mass is 379 g/mol. The molecule has 1 spiro atoms. The van der Waals surface area contributed by atoms with Crippen LogP contribution in [-0.2, 0) is 4.79 Å². The number of carbonyl (C=O) groups is 1. The first kappa shape index (κ1) is 16.9. The van der Waals surface area contributed by atoms with E-state index in [1.165, 1.54) is 4.90 Å². The molecule has 0 aliphatic carbocycles. The Hall–Kier alpha value is -2.54. The van der Waals surface area contributed by atoms with Gasteiger partial charge in [0.15, 0.2) is 5.54 Å². The number of hydrogen-bond acceptors (Lipinski definition) is 3. The third kappa shape index (κ3) is 2.46. The molecule has 1 amide bonds. The minimum Gasteiger partial charge on any atom is -0.300 e. The van der Waals surface area contributed by atoms with E-state index in [-0.39, 0.29) is 0 Å². The van der Waals surface area contributed by atoms with Gasteiger partial charge in [-0.05, 0) is 29.8 Å². The van der Waals surface area contributed by atoms with Gasteiger partial charge in [-0.2, -0.15) is 18.3 Å². The summed E-state index contributed by atoms with van der Waals surface area (Å²) >= 11 is 6.06. The van der Waals surface area contributed by atoms with Crippen LogP contribution in [0.25, 0.3) is 0 Å². The SMILES string of the molecule is O=C1N(c2ccccc2)[C@H](c2cccc(Cl)c2)[C@]12CC(C(F)(F)F)=NN2. The molecule has 1 N–H and O–H groups in total. The van der Waals surface area contributed by atoms with Gasteiger partial charge in [-0.25, -0.2) is 0 Å². The van der Waals surface area contributed by atoms with E-state index in [1.54, 1.807) is 54.6 Å². The minimum atomic E-state index is -4.58. The molecular weight excluding hydrogens is 367 g/mol. The van der Waals surface area contributed by atoms with Crippen molar-refractivity contribution in [2.75, 3.05) is 4.90 Å². The first-order valence-electron chi connectivity index (χ1n) is 7.88. The van der Waals surface area contributed by atoms with Crippen molar-refractivity contribution in [3.8, 4) is 0 Å². The van der Waals surface area contributed by atoms with Crippen molar-refractivity contribution in [3.63, 3.8) is 0 Å². The lowest BCUT2D eigenvalue weighted by atomic mass is 9.72. The lowest BCUT2D eigenvalue weighted by Gasteiger charge is -2.54. The zero-order valence-corrected chi connectivity index (χ0v) is 14.1. The average Bonchev–Trinajstić information content (AvgIpc) is 3.08. The van der Waals surface area contributed by atoms with Crippen LogP contribution in [0.15, 0.2) is 59.7 Å². The average molecular weight is 380 g/mol. The molecule has 2 heterocycles. The molecule has 4 rings (SSSR count). The quantitative estimate of drug-likeness (QED) is 0.799. The number of para-hydroxylation sites is 1. The molecule has 0 aromatic heterocycles. The maximum absolute atomic E-state index is 13.1. The number of anilines is 1. The van der Waals surface area contributed by atoms with E-state index in [0.717, 1.165) is 0 Å². The van der Waals surface area contributed by atoms with Gasteiger partial charge >= 0.3 is 6.18 Å². The van der Waals surface area contributed by atoms with Crippen LogP contribution in [0.2, 0.25) is 5.02 Å². The maximum atomic E-state index is 13.1. The summed E-state index contributed by atoms with van der Waals surface area (Å²) in [6, 6.07) is 14.9. The Morgan fingerprint density at radius 1 is 1.15 bits per heavy atom. The highest BCUT2D eigenvalue weighted by Gasteiger charge is 2.66. The molecule has 0 bridgehead atoms. The third-order valence-electron chi connectivity index (χ3n) is 4.69. The van der Waals surface area contributed by atoms with Crippen molar-refractivity contribution < 1.29 is 18.0 Å². The fraction of sp³-hybridized carbons (Fsp3) is 0.222. The Labute approximate surface area is 152 Å². The number of halogens is 4. The number of carbonyl (C=O) groups excluding carboxylic acids is 1. The van der Waals surface area contributed by atoms with Crippen LogP contribution in [0.4, 0.5) is 18.9 Å². The topological polar surface area (TPSA) is 44.7 Å². The zero-order valence-electron chi connectivity index (χ0n) is 13.3. The molecule has 0 unspecified atom stereocenters. The molecule has 1 fully saturated rings. The summed E-state index contributed by atoms with van der Waals surface area (Å²) in [4.78, 5) is 14.4. The van der Waals surface area contributed by atoms with Crippen LogP contribution >= 0.6 is 11.6 Å². The van der Waals surface area contributed by atoms with Gasteiger partial charge in [0.05, 0.1) is 6.04 Å². The molecule has 134 valence electrons. The van der Waals surface area contributed by atoms with Crippen LogP contribution in [0.1, 0.15) is 18.0 Å². The number of nitrogens with one attached hydrogen (secondary N) is 1. The molecule has 1 saturated heterocycles. The Balaban J connectivity index is 1.77. The molecule has 2 aliphatic rings. The number of alkyl halides is 3. The Kier molecular flexibility index (Phi) is 3.73. The molecule has 2 aromatic rings. The molecule has 8 heteroatoms. The molecule has 4 nitrogen and oxygen atoms in total. The molecular formula is C18H13ClF3N3O. The number of amides is 1. The maximum Gasteiger partial charge on any atom is 0.431 e. The minimum absolute atomic E-state index is 0.444. The van der Waals surface area contributed by atoms with Crippen molar-refractivity contribution in [2.45, 2.75) is 24.2 Å². The molecule has 2 aromatic carbocycles. The second-order valence-corrected chi connectivity index (χ2v) is 6.72. The van der Waals surface area contributed by atoms with Gasteiger partial charge in [0.1, 0.15) is 5.71 Å². The van der Waals surface area contributed by atoms with Gasteiger partial charge in [-0.3, -0.25) is 15.1 Å². The summed E-state index contributed by atoms with van der Waals surface area (Å²) in [5.74, 6) is -0.448. The molecule has 26 heavy (non-hydrogen) atoms. The first-order chi connectivity index (χ1) is 12.3. The fourth-order valence-corrected chi connectivity index (χ4v) is 3.72. The number of β-lactam (4-membered cyclic amide) rings is 1. The van der Waals surface area contributed by atoms with Crippen molar-refractivity contribution in [3.05, 3.63) is 65.2 Å². The van der Waals surface area contributed by atoms with E-state index in [1.807, 2.05) is 0 Å². The van der Waals surface area contributed by atoms with Crippen LogP contribution in [-0.4, -0.2) is 23.3 Å². The lowest BCUT2D eigenvalue weighted by Crippen LogP contribution is -2.73. The zero-order chi connectivity index (χ0) is 18.5. The summed E-state index contributed by atoms with van der Waals surface area (Å²) in [5.41, 5.74) is 1.30. The van der Waals surface area contributed by atoms with E-state index < -0.39 is 35.8 Å². The number of hydrogen-bond donors (Lipinski definition) is 1. The van der Waals surface area contributed by atoms with Crippen molar-refractivity contribution >= 4 is 28.9 Å². The third-order valence-corrected chi connectivity index (χ3v) is 4.92. The Morgan fingerprint density at radius 3 is 2.50 bits per heavy atom. The fourth-order valence-electron chi connectivity index (χ4n) is 3.52. The van der Waals surface area contributed by atoms with Gasteiger partial charge in [0, 0.05) is 17.1 Å². The summed E-state index contributed by atoms with van der Waals surface area (Å²) in [6.07, 6.45) is -5.10. The summed E-state index contributed by atoms with van der Waals surface area (Å²) < 4.78 is 39.3. The lowest BCUT2D eigenvalue weighted by molar-refractivity contribution is -0.134. The van der Waals surface area contributed by atoms with E-state index in [9.17, 15) is 18.0 Å². The Morgan fingerprint density at radius 2 is 1.88 bits per heavy atom. The van der Waals surface area contributed by atoms with E-state index in [4.69, 9.17) is 11.6 Å². The van der Waals surface area contributed by atoms with Crippen molar-refractivity contribution in [1.82, 2.24) is 5.43 Å². The largest absolute Gasteiger partial charge is 0.431 e. The Bertz CT molecular complexity index is 900. The number of nitrogens with zero attached hydrogens (tertiary/aromatic N) is 2. The van der Waals surface area contributed by atoms with Crippen LogP contribution in [0.5, 0.6) is 0 Å². The second kappa shape index (κ2) is 5.74. The standard InChI is InChI=1S/C18H13ClF3N3O/c19-12-6-4-5-11(9-12)15-17(10-14(23-24-17)18(20,21)22)16(26)25(15)13-7-2-1-3-8-13/h1-9,15,24H,10H2/t15-,17-/m1/s1.